The van der Waals surface area contributed by atoms with Crippen molar-refractivity contribution in [2.45, 2.75) is 33.2 Å². The Morgan fingerprint density at radius 1 is 1.15 bits per heavy atom. The van der Waals surface area contributed by atoms with Crippen molar-refractivity contribution in [2.75, 3.05) is 6.54 Å². The van der Waals surface area contributed by atoms with Crippen LogP contribution in [0.5, 0.6) is 0 Å². The van der Waals surface area contributed by atoms with Gasteiger partial charge >= 0.3 is 0 Å². The highest BCUT2D eigenvalue weighted by atomic mass is 16.2. The van der Waals surface area contributed by atoms with Gasteiger partial charge in [-0.2, -0.15) is 0 Å². The number of aryl methyl sites for hydroxylation is 1. The summed E-state index contributed by atoms with van der Waals surface area (Å²) < 4.78 is 0. The van der Waals surface area contributed by atoms with Gasteiger partial charge in [0.15, 0.2) is 0 Å². The van der Waals surface area contributed by atoms with E-state index in [0.29, 0.717) is 29.8 Å². The Labute approximate surface area is 152 Å². The Morgan fingerprint density at radius 2 is 1.92 bits per heavy atom. The van der Waals surface area contributed by atoms with E-state index in [1.54, 1.807) is 18.3 Å². The number of carbonyl (C=O) groups is 3. The Bertz CT molecular complexity index is 876. The normalized spacial score (nSPS) is 13.1. The molecule has 0 atom stereocenters. The molecule has 0 radical (unpaired) electrons. The Balaban J connectivity index is 1.74. The van der Waals surface area contributed by atoms with Gasteiger partial charge in [-0.15, -0.1) is 0 Å². The van der Waals surface area contributed by atoms with Gasteiger partial charge in [0.2, 0.25) is 0 Å². The van der Waals surface area contributed by atoms with Gasteiger partial charge in [0.1, 0.15) is 0 Å². The summed E-state index contributed by atoms with van der Waals surface area (Å²) in [7, 11) is 0. The van der Waals surface area contributed by atoms with Crippen molar-refractivity contribution in [2.24, 2.45) is 0 Å². The molecule has 1 aromatic heterocycles. The van der Waals surface area contributed by atoms with E-state index in [0.717, 1.165) is 24.1 Å². The Morgan fingerprint density at radius 3 is 2.65 bits per heavy atom. The summed E-state index contributed by atoms with van der Waals surface area (Å²) in [5.41, 5.74) is 2.81. The Hall–Kier alpha value is -3.02. The van der Waals surface area contributed by atoms with Crippen molar-refractivity contribution in [1.82, 2.24) is 15.2 Å². The van der Waals surface area contributed by atoms with Crippen LogP contribution in [-0.2, 0) is 6.54 Å². The largest absolute Gasteiger partial charge is 0.346 e. The molecule has 0 aliphatic carbocycles. The minimum Gasteiger partial charge on any atom is -0.346 e. The van der Waals surface area contributed by atoms with E-state index in [9.17, 15) is 14.4 Å². The molecule has 26 heavy (non-hydrogen) atoms. The highest BCUT2D eigenvalue weighted by Gasteiger charge is 2.35. The summed E-state index contributed by atoms with van der Waals surface area (Å²) in [6.45, 7) is 4.64. The fourth-order valence-electron chi connectivity index (χ4n) is 2.92. The van der Waals surface area contributed by atoms with Crippen molar-refractivity contribution < 1.29 is 14.4 Å². The summed E-state index contributed by atoms with van der Waals surface area (Å²) in [6, 6.07) is 8.41. The fourth-order valence-corrected chi connectivity index (χ4v) is 2.92. The maximum atomic E-state index is 12.5. The Kier molecular flexibility index (Phi) is 5.11. The van der Waals surface area contributed by atoms with Crippen LogP contribution in [0.3, 0.4) is 0 Å². The van der Waals surface area contributed by atoms with Gasteiger partial charge in [-0.3, -0.25) is 24.3 Å². The lowest BCUT2D eigenvalue weighted by molar-refractivity contribution is 0.0652. The first-order chi connectivity index (χ1) is 12.5. The summed E-state index contributed by atoms with van der Waals surface area (Å²) in [6.07, 6.45) is 3.34. The van der Waals surface area contributed by atoms with Crippen LogP contribution in [0, 0.1) is 6.92 Å². The van der Waals surface area contributed by atoms with Crippen LogP contribution >= 0.6 is 0 Å². The van der Waals surface area contributed by atoms with Crippen LogP contribution in [0.2, 0.25) is 0 Å². The predicted molar refractivity (Wildman–Crippen MR) is 96.9 cm³/mol. The number of imide groups is 1. The molecule has 6 heteroatoms. The summed E-state index contributed by atoms with van der Waals surface area (Å²) >= 11 is 0. The standard InChI is InChI=1S/C20H21N3O3/c1-3-4-10-23-19(25)15-8-7-14(11-16(15)20(23)26)18(24)22-12-17-13(2)6-5-9-21-17/h5-9,11H,3-4,10,12H2,1-2H3,(H,22,24). The minimum absolute atomic E-state index is 0.283. The number of fused-ring (bicyclic) bond motifs is 1. The van der Waals surface area contributed by atoms with Crippen LogP contribution in [0.25, 0.3) is 0 Å². The average molecular weight is 351 g/mol. The van der Waals surface area contributed by atoms with Crippen molar-refractivity contribution >= 4 is 17.7 Å². The van der Waals surface area contributed by atoms with Gasteiger partial charge in [-0.25, -0.2) is 0 Å². The van der Waals surface area contributed by atoms with E-state index in [1.807, 2.05) is 26.0 Å². The second-order valence-corrected chi connectivity index (χ2v) is 6.33. The predicted octanol–water partition coefficient (Wildman–Crippen LogP) is 2.72. The number of benzene rings is 1. The molecule has 1 aliphatic heterocycles. The van der Waals surface area contributed by atoms with Crippen molar-refractivity contribution in [1.29, 1.82) is 0 Å². The molecule has 1 aromatic carbocycles. The van der Waals surface area contributed by atoms with Crippen LogP contribution in [-0.4, -0.2) is 34.2 Å². The molecule has 0 fully saturated rings. The molecular formula is C20H21N3O3. The monoisotopic (exact) mass is 351 g/mol. The highest BCUT2D eigenvalue weighted by Crippen LogP contribution is 2.24. The molecule has 6 nitrogen and oxygen atoms in total. The first kappa shape index (κ1) is 17.8. The van der Waals surface area contributed by atoms with Gasteiger partial charge in [-0.1, -0.05) is 19.4 Å². The zero-order valence-electron chi connectivity index (χ0n) is 14.9. The molecular weight excluding hydrogens is 330 g/mol. The summed E-state index contributed by atoms with van der Waals surface area (Å²) in [5, 5.41) is 2.81. The molecule has 0 bridgehead atoms. The van der Waals surface area contributed by atoms with Gasteiger partial charge in [0, 0.05) is 18.3 Å². The third-order valence-electron chi connectivity index (χ3n) is 4.50. The maximum absolute atomic E-state index is 12.5. The van der Waals surface area contributed by atoms with Crippen LogP contribution in [0.1, 0.15) is 62.1 Å². The number of nitrogens with zero attached hydrogens (tertiary/aromatic N) is 2. The SMILES string of the molecule is CCCCN1C(=O)c2ccc(C(=O)NCc3ncccc3C)cc2C1=O. The molecule has 0 saturated heterocycles. The first-order valence-electron chi connectivity index (χ1n) is 8.72. The van der Waals surface area contributed by atoms with E-state index in [1.165, 1.54) is 11.0 Å². The van der Waals surface area contributed by atoms with Crippen molar-refractivity contribution in [3.05, 3.63) is 64.5 Å². The van der Waals surface area contributed by atoms with Crippen LogP contribution in [0.15, 0.2) is 36.5 Å². The number of pyridine rings is 1. The minimum atomic E-state index is -0.325. The molecule has 1 N–H and O–H groups in total. The zero-order valence-corrected chi connectivity index (χ0v) is 14.9. The average Bonchev–Trinajstić information content (AvgIpc) is 2.89. The maximum Gasteiger partial charge on any atom is 0.261 e. The molecule has 1 aliphatic rings. The van der Waals surface area contributed by atoms with Crippen LogP contribution in [0.4, 0.5) is 0 Å². The van der Waals surface area contributed by atoms with Crippen LogP contribution < -0.4 is 5.32 Å². The highest BCUT2D eigenvalue weighted by molar-refractivity contribution is 6.22. The molecule has 0 unspecified atom stereocenters. The van der Waals surface area contributed by atoms with E-state index in [2.05, 4.69) is 10.3 Å². The van der Waals surface area contributed by atoms with Crippen molar-refractivity contribution in [3.63, 3.8) is 0 Å². The third kappa shape index (κ3) is 3.35. The number of nitrogens with one attached hydrogen (secondary N) is 1. The molecule has 3 rings (SSSR count). The van der Waals surface area contributed by atoms with Crippen molar-refractivity contribution in [3.8, 4) is 0 Å². The second-order valence-electron chi connectivity index (χ2n) is 6.33. The second kappa shape index (κ2) is 7.47. The lowest BCUT2D eigenvalue weighted by Crippen LogP contribution is -2.30. The van der Waals surface area contributed by atoms with E-state index >= 15 is 0 Å². The van der Waals surface area contributed by atoms with E-state index in [-0.39, 0.29) is 17.7 Å². The summed E-state index contributed by atoms with van der Waals surface area (Å²) in [5.74, 6) is -0.909. The lowest BCUT2D eigenvalue weighted by atomic mass is 10.1. The number of unbranched alkanes of at least 4 members (excludes halogenated alkanes) is 1. The number of hydrogen-bond donors (Lipinski definition) is 1. The molecule has 2 aromatic rings. The molecule has 3 amide bonds. The fraction of sp³-hybridized carbons (Fsp3) is 0.300. The molecule has 0 spiro atoms. The number of amides is 3. The number of carbonyl (C=O) groups excluding carboxylic acids is 3. The number of aromatic nitrogens is 1. The zero-order chi connectivity index (χ0) is 18.7. The van der Waals surface area contributed by atoms with Gasteiger partial charge < -0.3 is 5.32 Å². The van der Waals surface area contributed by atoms with Gasteiger partial charge in [0.25, 0.3) is 17.7 Å². The van der Waals surface area contributed by atoms with E-state index < -0.39 is 0 Å². The third-order valence-corrected chi connectivity index (χ3v) is 4.50. The van der Waals surface area contributed by atoms with Gasteiger partial charge in [0.05, 0.1) is 23.4 Å². The molecule has 0 saturated carbocycles. The quantitative estimate of drug-likeness (QED) is 0.812. The number of hydrogen-bond acceptors (Lipinski definition) is 4. The van der Waals surface area contributed by atoms with E-state index in [4.69, 9.17) is 0 Å². The number of rotatable bonds is 6. The summed E-state index contributed by atoms with van der Waals surface area (Å²) in [4.78, 5) is 42.7. The topological polar surface area (TPSA) is 79.4 Å². The smallest absolute Gasteiger partial charge is 0.261 e. The first-order valence-corrected chi connectivity index (χ1v) is 8.72. The molecule has 134 valence electrons. The lowest BCUT2D eigenvalue weighted by Gasteiger charge is -2.12. The molecule has 2 heterocycles. The van der Waals surface area contributed by atoms with Gasteiger partial charge in [-0.05, 0) is 43.2 Å².